The summed E-state index contributed by atoms with van der Waals surface area (Å²) in [5.41, 5.74) is 1.76. The number of hydrogen-bond donors (Lipinski definition) is 0. The first-order valence-corrected chi connectivity index (χ1v) is 9.78. The zero-order valence-corrected chi connectivity index (χ0v) is 16.7. The van der Waals surface area contributed by atoms with E-state index in [2.05, 4.69) is 9.88 Å². The number of nitrogens with zero attached hydrogens (tertiary/aromatic N) is 3. The highest BCUT2D eigenvalue weighted by Gasteiger charge is 2.18. The summed E-state index contributed by atoms with van der Waals surface area (Å²) in [6.07, 6.45) is 1.47. The van der Waals surface area contributed by atoms with Gasteiger partial charge in [-0.25, -0.2) is 9.78 Å². The lowest BCUT2D eigenvalue weighted by Gasteiger charge is -2.29. The SMILES string of the molecule is CCOC(=O)c1cn(-c2ccc(N3CCOCC3)cc2)c2nc(Cl)ccc2c1=O. The number of aromatic nitrogens is 2. The molecule has 0 atom stereocenters. The predicted octanol–water partition coefficient (Wildman–Crippen LogP) is 3.05. The van der Waals surface area contributed by atoms with E-state index in [0.717, 1.165) is 24.5 Å². The van der Waals surface area contributed by atoms with Crippen molar-refractivity contribution in [2.45, 2.75) is 6.92 Å². The van der Waals surface area contributed by atoms with Gasteiger partial charge in [0.05, 0.1) is 25.2 Å². The molecule has 0 spiro atoms. The van der Waals surface area contributed by atoms with Gasteiger partial charge in [0.25, 0.3) is 0 Å². The molecule has 1 aromatic carbocycles. The summed E-state index contributed by atoms with van der Waals surface area (Å²) in [5.74, 6) is -0.659. The average molecular weight is 414 g/mol. The summed E-state index contributed by atoms with van der Waals surface area (Å²) < 4.78 is 12.1. The van der Waals surface area contributed by atoms with Gasteiger partial charge in [-0.3, -0.25) is 4.79 Å². The van der Waals surface area contributed by atoms with Crippen molar-refractivity contribution in [3.8, 4) is 5.69 Å². The molecule has 1 aliphatic heterocycles. The van der Waals surface area contributed by atoms with Crippen molar-refractivity contribution in [3.05, 3.63) is 63.5 Å². The van der Waals surface area contributed by atoms with E-state index in [4.69, 9.17) is 21.1 Å². The van der Waals surface area contributed by atoms with E-state index < -0.39 is 11.4 Å². The zero-order chi connectivity index (χ0) is 20.4. The summed E-state index contributed by atoms with van der Waals surface area (Å²) in [4.78, 5) is 31.7. The minimum Gasteiger partial charge on any atom is -0.462 e. The summed E-state index contributed by atoms with van der Waals surface area (Å²) >= 11 is 6.07. The zero-order valence-electron chi connectivity index (χ0n) is 15.9. The highest BCUT2D eigenvalue weighted by atomic mass is 35.5. The number of carbonyl (C=O) groups is 1. The number of benzene rings is 1. The maximum Gasteiger partial charge on any atom is 0.343 e. The van der Waals surface area contributed by atoms with Crippen LogP contribution in [0.15, 0.2) is 47.4 Å². The fraction of sp³-hybridized carbons (Fsp3) is 0.286. The Morgan fingerprint density at radius 3 is 2.52 bits per heavy atom. The Bertz CT molecular complexity index is 1110. The van der Waals surface area contributed by atoms with Crippen LogP contribution in [-0.4, -0.2) is 48.4 Å². The lowest BCUT2D eigenvalue weighted by Crippen LogP contribution is -2.36. The number of pyridine rings is 2. The highest BCUT2D eigenvalue weighted by molar-refractivity contribution is 6.29. The standard InChI is InChI=1S/C21H20ClN3O4/c1-2-29-21(27)17-13-25(20-16(19(17)26)7-8-18(22)23-20)15-5-3-14(4-6-15)24-9-11-28-12-10-24/h3-8,13H,2,9-12H2,1H3. The first kappa shape index (κ1) is 19.4. The maximum atomic E-state index is 12.8. The quantitative estimate of drug-likeness (QED) is 0.483. The number of fused-ring (bicyclic) bond motifs is 1. The van der Waals surface area contributed by atoms with Crippen molar-refractivity contribution < 1.29 is 14.3 Å². The fourth-order valence-corrected chi connectivity index (χ4v) is 3.52. The fourth-order valence-electron chi connectivity index (χ4n) is 3.38. The van der Waals surface area contributed by atoms with Gasteiger partial charge in [0.1, 0.15) is 16.4 Å². The number of anilines is 1. The van der Waals surface area contributed by atoms with Crippen LogP contribution in [0.25, 0.3) is 16.7 Å². The molecule has 3 heterocycles. The summed E-state index contributed by atoms with van der Waals surface area (Å²) in [5, 5.41) is 0.566. The van der Waals surface area contributed by atoms with E-state index in [-0.39, 0.29) is 17.3 Å². The minimum absolute atomic E-state index is 0.0410. The van der Waals surface area contributed by atoms with Crippen LogP contribution in [0.4, 0.5) is 5.69 Å². The molecule has 0 N–H and O–H groups in total. The molecule has 1 fully saturated rings. The largest absolute Gasteiger partial charge is 0.462 e. The second kappa shape index (κ2) is 8.23. The molecule has 0 aliphatic carbocycles. The van der Waals surface area contributed by atoms with Crippen molar-refractivity contribution >= 4 is 34.3 Å². The topological polar surface area (TPSA) is 73.7 Å². The molecule has 0 bridgehead atoms. The van der Waals surface area contributed by atoms with Gasteiger partial charge in [-0.05, 0) is 43.3 Å². The summed E-state index contributed by atoms with van der Waals surface area (Å²) in [6.45, 7) is 4.97. The smallest absolute Gasteiger partial charge is 0.343 e. The Morgan fingerprint density at radius 1 is 1.14 bits per heavy atom. The van der Waals surface area contributed by atoms with E-state index in [1.807, 2.05) is 24.3 Å². The third-order valence-corrected chi connectivity index (χ3v) is 5.03. The molecule has 1 saturated heterocycles. The van der Waals surface area contributed by atoms with Gasteiger partial charge in [0.15, 0.2) is 0 Å². The predicted molar refractivity (Wildman–Crippen MR) is 111 cm³/mol. The van der Waals surface area contributed by atoms with E-state index in [1.165, 1.54) is 12.3 Å². The van der Waals surface area contributed by atoms with Gasteiger partial charge >= 0.3 is 5.97 Å². The van der Waals surface area contributed by atoms with Crippen LogP contribution >= 0.6 is 11.6 Å². The van der Waals surface area contributed by atoms with Crippen LogP contribution in [0.3, 0.4) is 0 Å². The van der Waals surface area contributed by atoms with Crippen LogP contribution in [0.5, 0.6) is 0 Å². The van der Waals surface area contributed by atoms with Crippen molar-refractivity contribution in [1.29, 1.82) is 0 Å². The molecular weight excluding hydrogens is 394 g/mol. The Labute approximate surface area is 172 Å². The number of halogens is 1. The molecule has 29 heavy (non-hydrogen) atoms. The van der Waals surface area contributed by atoms with Gasteiger partial charge in [-0.15, -0.1) is 0 Å². The summed E-state index contributed by atoms with van der Waals surface area (Å²) in [7, 11) is 0. The summed E-state index contributed by atoms with van der Waals surface area (Å²) in [6, 6.07) is 11.0. The Kier molecular flexibility index (Phi) is 5.51. The lowest BCUT2D eigenvalue weighted by atomic mass is 10.1. The van der Waals surface area contributed by atoms with Crippen LogP contribution in [-0.2, 0) is 9.47 Å². The molecular formula is C21H20ClN3O4. The molecule has 0 amide bonds. The van der Waals surface area contributed by atoms with Crippen LogP contribution in [0.2, 0.25) is 5.15 Å². The maximum absolute atomic E-state index is 12.8. The Balaban J connectivity index is 1.83. The third kappa shape index (κ3) is 3.83. The van der Waals surface area contributed by atoms with Gasteiger partial charge in [0, 0.05) is 30.7 Å². The first-order valence-electron chi connectivity index (χ1n) is 9.40. The Hall–Kier alpha value is -2.90. The van der Waals surface area contributed by atoms with E-state index in [9.17, 15) is 9.59 Å². The highest BCUT2D eigenvalue weighted by Crippen LogP contribution is 2.22. The molecule has 0 radical (unpaired) electrons. The molecule has 8 heteroatoms. The second-order valence-corrected chi connectivity index (χ2v) is 6.97. The van der Waals surface area contributed by atoms with Crippen LogP contribution < -0.4 is 10.3 Å². The Morgan fingerprint density at radius 2 is 1.83 bits per heavy atom. The lowest BCUT2D eigenvalue weighted by molar-refractivity contribution is 0.0524. The van der Waals surface area contributed by atoms with Gasteiger partial charge in [0.2, 0.25) is 5.43 Å². The van der Waals surface area contributed by atoms with Gasteiger partial charge < -0.3 is 18.9 Å². The average Bonchev–Trinajstić information content (AvgIpc) is 2.75. The molecule has 0 unspecified atom stereocenters. The molecule has 2 aromatic heterocycles. The monoisotopic (exact) mass is 413 g/mol. The molecule has 7 nitrogen and oxygen atoms in total. The van der Waals surface area contributed by atoms with Crippen molar-refractivity contribution in [2.75, 3.05) is 37.8 Å². The first-order chi connectivity index (χ1) is 14.1. The van der Waals surface area contributed by atoms with Gasteiger partial charge in [-0.2, -0.15) is 0 Å². The number of ether oxygens (including phenoxy) is 2. The van der Waals surface area contributed by atoms with Crippen molar-refractivity contribution in [2.24, 2.45) is 0 Å². The van der Waals surface area contributed by atoms with E-state index in [0.29, 0.717) is 24.2 Å². The number of hydrogen-bond acceptors (Lipinski definition) is 6. The van der Waals surface area contributed by atoms with E-state index >= 15 is 0 Å². The van der Waals surface area contributed by atoms with Crippen molar-refractivity contribution in [1.82, 2.24) is 9.55 Å². The second-order valence-electron chi connectivity index (χ2n) is 6.58. The minimum atomic E-state index is -0.659. The third-order valence-electron chi connectivity index (χ3n) is 4.82. The van der Waals surface area contributed by atoms with Crippen LogP contribution in [0.1, 0.15) is 17.3 Å². The molecule has 0 saturated carbocycles. The normalized spacial score (nSPS) is 14.2. The van der Waals surface area contributed by atoms with Crippen molar-refractivity contribution in [3.63, 3.8) is 0 Å². The van der Waals surface area contributed by atoms with Gasteiger partial charge in [-0.1, -0.05) is 11.6 Å². The molecule has 4 rings (SSSR count). The molecule has 3 aromatic rings. The number of morpholine rings is 1. The molecule has 150 valence electrons. The number of carbonyl (C=O) groups excluding carboxylic acids is 1. The van der Waals surface area contributed by atoms with Crippen LogP contribution in [0, 0.1) is 0 Å². The van der Waals surface area contributed by atoms with E-state index in [1.54, 1.807) is 17.6 Å². The molecule has 1 aliphatic rings. The number of rotatable bonds is 4. The number of esters is 1.